The third-order valence-corrected chi connectivity index (χ3v) is 7.42. The molecule has 0 unspecified atom stereocenters. The van der Waals surface area contributed by atoms with Gasteiger partial charge in [0.05, 0.1) is 12.1 Å². The van der Waals surface area contributed by atoms with E-state index in [1.54, 1.807) is 6.20 Å². The molecule has 0 spiro atoms. The summed E-state index contributed by atoms with van der Waals surface area (Å²) in [6.07, 6.45) is 4.00. The van der Waals surface area contributed by atoms with Crippen molar-refractivity contribution in [3.8, 4) is 11.4 Å². The number of likely N-dealkylation sites (N-methyl/N-ethyl adjacent to an activating group) is 1. The number of nitrogens with two attached hydrogens (primary N) is 1. The highest BCUT2D eigenvalue weighted by Gasteiger charge is 2.38. The summed E-state index contributed by atoms with van der Waals surface area (Å²) in [6, 6.07) is 8.18. The van der Waals surface area contributed by atoms with Crippen molar-refractivity contribution >= 4 is 17.6 Å². The van der Waals surface area contributed by atoms with E-state index in [9.17, 15) is 9.59 Å². The molecule has 1 aromatic carbocycles. The van der Waals surface area contributed by atoms with Gasteiger partial charge < -0.3 is 15.5 Å². The maximum Gasteiger partial charge on any atom is 0.227 e. The van der Waals surface area contributed by atoms with Gasteiger partial charge in [0.1, 0.15) is 11.4 Å². The zero-order valence-corrected chi connectivity index (χ0v) is 21.3. The molecule has 3 aromatic rings. The Morgan fingerprint density at radius 2 is 1.94 bits per heavy atom. The number of nitrogens with zero attached hydrogens (tertiary/aromatic N) is 5. The van der Waals surface area contributed by atoms with Gasteiger partial charge in [-0.3, -0.25) is 14.7 Å². The first-order valence-electron chi connectivity index (χ1n) is 12.4. The van der Waals surface area contributed by atoms with Crippen LogP contribution in [0.2, 0.25) is 0 Å². The number of carbonyl (C=O) groups excluding carboxylic acids is 2. The number of nitrogen functional groups attached to an aromatic ring is 1. The molecule has 1 saturated heterocycles. The first-order chi connectivity index (χ1) is 17.1. The minimum Gasteiger partial charge on any atom is -0.368 e. The Labute approximate surface area is 211 Å². The minimum absolute atomic E-state index is 0.0425. The Kier molecular flexibility index (Phi) is 6.12. The molecule has 9 heteroatoms. The van der Waals surface area contributed by atoms with Gasteiger partial charge in [0, 0.05) is 37.3 Å². The normalized spacial score (nSPS) is 18.2. The van der Waals surface area contributed by atoms with Gasteiger partial charge in [-0.15, -0.1) is 0 Å². The molecule has 0 saturated carbocycles. The van der Waals surface area contributed by atoms with Gasteiger partial charge in [0.25, 0.3) is 0 Å². The second kappa shape index (κ2) is 9.13. The van der Waals surface area contributed by atoms with Crippen LogP contribution in [0.5, 0.6) is 0 Å². The Hall–Kier alpha value is -3.59. The number of benzene rings is 1. The number of Topliss-reactive ketones (excluding diaryl/α,β-unsaturated/α-hetero) is 1. The molecule has 5 rings (SSSR count). The van der Waals surface area contributed by atoms with Gasteiger partial charge in [-0.2, -0.15) is 5.10 Å². The first kappa shape index (κ1) is 24.1. The molecule has 1 aliphatic carbocycles. The molecule has 1 atom stereocenters. The lowest BCUT2D eigenvalue weighted by atomic mass is 9.72. The molecule has 1 aliphatic heterocycles. The monoisotopic (exact) mass is 487 g/mol. The van der Waals surface area contributed by atoms with Gasteiger partial charge >= 0.3 is 0 Å². The molecular weight excluding hydrogens is 454 g/mol. The van der Waals surface area contributed by atoms with Crippen LogP contribution in [-0.4, -0.2) is 74.9 Å². The van der Waals surface area contributed by atoms with Crippen LogP contribution in [0.15, 0.2) is 30.5 Å². The summed E-state index contributed by atoms with van der Waals surface area (Å²) < 4.78 is 0. The molecule has 36 heavy (non-hydrogen) atoms. The number of rotatable bonds is 6. The number of hydrogen-bond acceptors (Lipinski definition) is 7. The third kappa shape index (κ3) is 4.51. The Bertz CT molecular complexity index is 1330. The average Bonchev–Trinajstić information content (AvgIpc) is 3.49. The summed E-state index contributed by atoms with van der Waals surface area (Å²) in [4.78, 5) is 39.0. The molecule has 2 aromatic heterocycles. The van der Waals surface area contributed by atoms with Crippen molar-refractivity contribution < 1.29 is 9.59 Å². The van der Waals surface area contributed by atoms with Crippen molar-refractivity contribution in [2.24, 2.45) is 0 Å². The van der Waals surface area contributed by atoms with Crippen molar-refractivity contribution in [2.45, 2.75) is 51.0 Å². The number of H-pyrrole nitrogens is 1. The Balaban J connectivity index is 1.33. The van der Waals surface area contributed by atoms with Crippen LogP contribution in [0.3, 0.4) is 0 Å². The number of carbonyl (C=O) groups is 2. The number of ketones is 1. The highest BCUT2D eigenvalue weighted by atomic mass is 16.2. The lowest BCUT2D eigenvalue weighted by Gasteiger charge is -2.30. The van der Waals surface area contributed by atoms with E-state index in [2.05, 4.69) is 53.0 Å². The summed E-state index contributed by atoms with van der Waals surface area (Å²) >= 11 is 0. The molecule has 2 aliphatic rings. The topological polar surface area (TPSA) is 121 Å². The van der Waals surface area contributed by atoms with Gasteiger partial charge in [-0.1, -0.05) is 38.1 Å². The largest absolute Gasteiger partial charge is 0.368 e. The van der Waals surface area contributed by atoms with E-state index in [0.717, 1.165) is 41.8 Å². The number of nitrogens with one attached hydrogen (secondary N) is 1. The fraction of sp³-hybridized carbons (Fsp3) is 0.444. The Morgan fingerprint density at radius 3 is 2.67 bits per heavy atom. The number of hydrogen-bond donors (Lipinski definition) is 2. The van der Waals surface area contributed by atoms with Crippen LogP contribution >= 0.6 is 0 Å². The quantitative estimate of drug-likeness (QED) is 0.512. The predicted molar refractivity (Wildman–Crippen MR) is 138 cm³/mol. The van der Waals surface area contributed by atoms with Crippen LogP contribution in [0.4, 0.5) is 5.95 Å². The zero-order valence-electron chi connectivity index (χ0n) is 21.3. The second-order valence-electron chi connectivity index (χ2n) is 10.8. The average molecular weight is 488 g/mol. The highest BCUT2D eigenvalue weighted by Crippen LogP contribution is 2.42. The van der Waals surface area contributed by atoms with Crippen LogP contribution in [0.25, 0.3) is 11.4 Å². The maximum absolute atomic E-state index is 13.4. The Morgan fingerprint density at radius 1 is 1.19 bits per heavy atom. The number of likely N-dealkylation sites (tertiary alicyclic amines) is 1. The van der Waals surface area contributed by atoms with E-state index in [1.165, 1.54) is 0 Å². The van der Waals surface area contributed by atoms with Gasteiger partial charge in [0.15, 0.2) is 5.78 Å². The van der Waals surface area contributed by atoms with Crippen molar-refractivity contribution in [2.75, 3.05) is 32.9 Å². The van der Waals surface area contributed by atoms with Gasteiger partial charge in [-0.25, -0.2) is 9.97 Å². The minimum atomic E-state index is -0.311. The lowest BCUT2D eigenvalue weighted by molar-refractivity contribution is -0.129. The summed E-state index contributed by atoms with van der Waals surface area (Å²) in [5.41, 5.74) is 11.0. The van der Waals surface area contributed by atoms with E-state index < -0.39 is 0 Å². The fourth-order valence-corrected chi connectivity index (χ4v) is 5.49. The zero-order chi connectivity index (χ0) is 25.6. The van der Waals surface area contributed by atoms with E-state index in [0.29, 0.717) is 36.0 Å². The summed E-state index contributed by atoms with van der Waals surface area (Å²) in [6.45, 7) is 5.76. The molecule has 3 N–H and O–H groups in total. The van der Waals surface area contributed by atoms with E-state index in [-0.39, 0.29) is 29.5 Å². The molecule has 0 bridgehead atoms. The molecule has 1 amide bonds. The number of aromatic nitrogens is 4. The van der Waals surface area contributed by atoms with Crippen LogP contribution in [-0.2, 0) is 29.5 Å². The molecule has 1 fully saturated rings. The third-order valence-electron chi connectivity index (χ3n) is 7.42. The highest BCUT2D eigenvalue weighted by molar-refractivity contribution is 5.99. The fourth-order valence-electron chi connectivity index (χ4n) is 5.49. The first-order valence-corrected chi connectivity index (χ1v) is 12.4. The molecule has 188 valence electrons. The number of fused-ring (bicyclic) bond motifs is 3. The van der Waals surface area contributed by atoms with E-state index >= 15 is 0 Å². The van der Waals surface area contributed by atoms with E-state index in [4.69, 9.17) is 5.73 Å². The summed E-state index contributed by atoms with van der Waals surface area (Å²) in [5, 5.41) is 7.46. The number of aromatic amines is 1. The van der Waals surface area contributed by atoms with Crippen molar-refractivity contribution in [1.29, 1.82) is 0 Å². The van der Waals surface area contributed by atoms with Crippen molar-refractivity contribution in [3.05, 3.63) is 58.4 Å². The van der Waals surface area contributed by atoms with Crippen molar-refractivity contribution in [3.63, 3.8) is 0 Å². The van der Waals surface area contributed by atoms with Crippen LogP contribution in [0.1, 0.15) is 53.0 Å². The molecule has 0 radical (unpaired) electrons. The van der Waals surface area contributed by atoms with Gasteiger partial charge in [0.2, 0.25) is 11.9 Å². The summed E-state index contributed by atoms with van der Waals surface area (Å²) in [7, 11) is 4.11. The SMILES string of the molecule is CN(C)[C@@H]1CCN(C(=O)Cc2cccc(CC(=O)c3[nH]nc4c3C(C)(C)Cc3cnc(N)nc3-4)c2)C1. The molecule has 9 nitrogen and oxygen atoms in total. The maximum atomic E-state index is 13.4. The smallest absolute Gasteiger partial charge is 0.227 e. The van der Waals surface area contributed by atoms with Crippen LogP contribution in [0, 0.1) is 0 Å². The molecular formula is C27H33N7O2. The summed E-state index contributed by atoms with van der Waals surface area (Å²) in [5.74, 6) is 0.277. The number of anilines is 1. The second-order valence-corrected chi connectivity index (χ2v) is 10.8. The van der Waals surface area contributed by atoms with Crippen molar-refractivity contribution in [1.82, 2.24) is 30.0 Å². The van der Waals surface area contributed by atoms with Crippen LogP contribution < -0.4 is 5.73 Å². The van der Waals surface area contributed by atoms with Gasteiger partial charge in [-0.05, 0) is 49.0 Å². The van der Waals surface area contributed by atoms with E-state index in [1.807, 2.05) is 29.2 Å². The molecule has 3 heterocycles. The standard InChI is InChI=1S/C27H33N7O2/c1-27(2)13-18-14-29-26(28)30-23(18)25-22(27)24(31-32-25)20(35)11-16-6-5-7-17(10-16)12-21(36)34-9-8-19(15-34)33(3)4/h5-7,10,14,19H,8-9,11-13,15H2,1-4H3,(H,31,32)(H2,28,29,30)/t19-/m1/s1. The predicted octanol–water partition coefficient (Wildman–Crippen LogP) is 2.41. The lowest BCUT2D eigenvalue weighted by Crippen LogP contribution is -2.35. The number of amides is 1.